The third-order valence-electron chi connectivity index (χ3n) is 3.24. The standard InChI is InChI=1S/C16H28N2/c1-5-14-7-9-15(10-8-14)13-18(4)12-6-11-16(2,3)17/h7-10H,5-6,11-13,17H2,1-4H3. The first-order valence-electron chi connectivity index (χ1n) is 6.96. The van der Waals surface area contributed by atoms with Gasteiger partial charge < -0.3 is 10.6 Å². The summed E-state index contributed by atoms with van der Waals surface area (Å²) in [5.74, 6) is 0. The van der Waals surface area contributed by atoms with E-state index in [0.717, 1.165) is 32.4 Å². The highest BCUT2D eigenvalue weighted by molar-refractivity contribution is 5.22. The van der Waals surface area contributed by atoms with E-state index in [1.807, 2.05) is 0 Å². The van der Waals surface area contributed by atoms with E-state index < -0.39 is 0 Å². The lowest BCUT2D eigenvalue weighted by Crippen LogP contribution is -2.33. The lowest BCUT2D eigenvalue weighted by atomic mass is 10.00. The van der Waals surface area contributed by atoms with Crippen molar-refractivity contribution >= 4 is 0 Å². The fraction of sp³-hybridized carbons (Fsp3) is 0.625. The monoisotopic (exact) mass is 248 g/mol. The zero-order chi connectivity index (χ0) is 13.6. The minimum Gasteiger partial charge on any atom is -0.326 e. The lowest BCUT2D eigenvalue weighted by Gasteiger charge is -2.21. The zero-order valence-corrected chi connectivity index (χ0v) is 12.4. The van der Waals surface area contributed by atoms with Gasteiger partial charge in [-0.15, -0.1) is 0 Å². The van der Waals surface area contributed by atoms with Crippen molar-refractivity contribution in [2.75, 3.05) is 13.6 Å². The van der Waals surface area contributed by atoms with Crippen molar-refractivity contribution < 1.29 is 0 Å². The molecule has 0 atom stereocenters. The molecule has 0 aromatic heterocycles. The molecule has 0 radical (unpaired) electrons. The summed E-state index contributed by atoms with van der Waals surface area (Å²) < 4.78 is 0. The van der Waals surface area contributed by atoms with E-state index >= 15 is 0 Å². The van der Waals surface area contributed by atoms with Gasteiger partial charge in [-0.25, -0.2) is 0 Å². The highest BCUT2D eigenvalue weighted by Gasteiger charge is 2.10. The smallest absolute Gasteiger partial charge is 0.0230 e. The average molecular weight is 248 g/mol. The number of hydrogen-bond donors (Lipinski definition) is 1. The first kappa shape index (κ1) is 15.2. The van der Waals surface area contributed by atoms with Crippen LogP contribution in [-0.2, 0) is 13.0 Å². The normalized spacial score (nSPS) is 12.1. The Labute approximate surface area is 112 Å². The van der Waals surface area contributed by atoms with Crippen LogP contribution in [0.25, 0.3) is 0 Å². The maximum atomic E-state index is 5.99. The molecule has 18 heavy (non-hydrogen) atoms. The molecule has 1 aromatic carbocycles. The van der Waals surface area contributed by atoms with Gasteiger partial charge in [-0.05, 0) is 57.8 Å². The van der Waals surface area contributed by atoms with Crippen molar-refractivity contribution in [1.29, 1.82) is 0 Å². The zero-order valence-electron chi connectivity index (χ0n) is 12.4. The van der Waals surface area contributed by atoms with Gasteiger partial charge in [0.15, 0.2) is 0 Å². The van der Waals surface area contributed by atoms with Gasteiger partial charge in [-0.2, -0.15) is 0 Å². The Morgan fingerprint density at radius 2 is 1.67 bits per heavy atom. The van der Waals surface area contributed by atoms with Gasteiger partial charge >= 0.3 is 0 Å². The van der Waals surface area contributed by atoms with Crippen LogP contribution >= 0.6 is 0 Å². The van der Waals surface area contributed by atoms with Gasteiger partial charge in [-0.3, -0.25) is 0 Å². The van der Waals surface area contributed by atoms with Crippen LogP contribution in [-0.4, -0.2) is 24.0 Å². The van der Waals surface area contributed by atoms with E-state index in [1.165, 1.54) is 11.1 Å². The second-order valence-corrected chi connectivity index (χ2v) is 6.00. The molecule has 0 aliphatic carbocycles. The molecule has 0 spiro atoms. The third kappa shape index (κ3) is 6.18. The van der Waals surface area contributed by atoms with Crippen molar-refractivity contribution in [3.63, 3.8) is 0 Å². The minimum absolute atomic E-state index is 0.0381. The van der Waals surface area contributed by atoms with Crippen molar-refractivity contribution in [2.45, 2.75) is 52.1 Å². The number of hydrogen-bond acceptors (Lipinski definition) is 2. The van der Waals surface area contributed by atoms with Crippen molar-refractivity contribution in [2.24, 2.45) is 5.73 Å². The van der Waals surface area contributed by atoms with Gasteiger partial charge in [-0.1, -0.05) is 31.2 Å². The molecule has 0 saturated heterocycles. The number of aryl methyl sites for hydroxylation is 1. The molecule has 1 aromatic rings. The Bertz CT molecular complexity index is 335. The fourth-order valence-corrected chi connectivity index (χ4v) is 2.08. The summed E-state index contributed by atoms with van der Waals surface area (Å²) in [7, 11) is 2.18. The molecule has 0 saturated carbocycles. The highest BCUT2D eigenvalue weighted by atomic mass is 15.1. The summed E-state index contributed by atoms with van der Waals surface area (Å²) in [6, 6.07) is 8.93. The molecule has 0 amide bonds. The lowest BCUT2D eigenvalue weighted by molar-refractivity contribution is 0.303. The minimum atomic E-state index is -0.0381. The van der Waals surface area contributed by atoms with Gasteiger partial charge in [0.25, 0.3) is 0 Å². The second kappa shape index (κ2) is 6.91. The predicted octanol–water partition coefficient (Wildman–Crippen LogP) is 3.20. The maximum Gasteiger partial charge on any atom is 0.0230 e. The molecular weight excluding hydrogens is 220 g/mol. The molecule has 102 valence electrons. The van der Waals surface area contributed by atoms with Crippen molar-refractivity contribution in [3.05, 3.63) is 35.4 Å². The van der Waals surface area contributed by atoms with Gasteiger partial charge in [0.05, 0.1) is 0 Å². The SMILES string of the molecule is CCc1ccc(CN(C)CCCC(C)(C)N)cc1. The van der Waals surface area contributed by atoms with Gasteiger partial charge in [0, 0.05) is 12.1 Å². The molecule has 2 heteroatoms. The van der Waals surface area contributed by atoms with Crippen LogP contribution in [0.15, 0.2) is 24.3 Å². The maximum absolute atomic E-state index is 5.99. The molecule has 0 aliphatic rings. The topological polar surface area (TPSA) is 29.3 Å². The highest BCUT2D eigenvalue weighted by Crippen LogP contribution is 2.10. The van der Waals surface area contributed by atoms with Crippen LogP contribution in [0.1, 0.15) is 44.7 Å². The Kier molecular flexibility index (Phi) is 5.83. The van der Waals surface area contributed by atoms with Crippen LogP contribution in [0.3, 0.4) is 0 Å². The van der Waals surface area contributed by atoms with Crippen LogP contribution in [0.5, 0.6) is 0 Å². The van der Waals surface area contributed by atoms with Crippen molar-refractivity contribution in [3.8, 4) is 0 Å². The average Bonchev–Trinajstić information content (AvgIpc) is 2.28. The fourth-order valence-electron chi connectivity index (χ4n) is 2.08. The quantitative estimate of drug-likeness (QED) is 0.803. The number of benzene rings is 1. The Morgan fingerprint density at radius 3 is 2.17 bits per heavy atom. The predicted molar refractivity (Wildman–Crippen MR) is 79.7 cm³/mol. The first-order valence-corrected chi connectivity index (χ1v) is 6.96. The van der Waals surface area contributed by atoms with Crippen LogP contribution < -0.4 is 5.73 Å². The summed E-state index contributed by atoms with van der Waals surface area (Å²) in [5, 5.41) is 0. The molecule has 2 nitrogen and oxygen atoms in total. The molecule has 1 rings (SSSR count). The van der Waals surface area contributed by atoms with Crippen molar-refractivity contribution in [1.82, 2.24) is 4.90 Å². The first-order chi connectivity index (χ1) is 8.40. The van der Waals surface area contributed by atoms with Crippen LogP contribution in [0, 0.1) is 0 Å². The molecule has 0 bridgehead atoms. The summed E-state index contributed by atoms with van der Waals surface area (Å²) in [4.78, 5) is 2.37. The summed E-state index contributed by atoms with van der Waals surface area (Å²) in [6.07, 6.45) is 3.35. The summed E-state index contributed by atoms with van der Waals surface area (Å²) in [6.45, 7) is 8.51. The van der Waals surface area contributed by atoms with E-state index in [2.05, 4.69) is 57.0 Å². The van der Waals surface area contributed by atoms with Gasteiger partial charge in [0.2, 0.25) is 0 Å². The molecule has 0 fully saturated rings. The Balaban J connectivity index is 2.32. The second-order valence-electron chi connectivity index (χ2n) is 6.00. The van der Waals surface area contributed by atoms with E-state index in [-0.39, 0.29) is 5.54 Å². The van der Waals surface area contributed by atoms with E-state index in [9.17, 15) is 0 Å². The molecular formula is C16H28N2. The number of rotatable bonds is 7. The molecule has 2 N–H and O–H groups in total. The van der Waals surface area contributed by atoms with E-state index in [4.69, 9.17) is 5.73 Å². The Hall–Kier alpha value is -0.860. The van der Waals surface area contributed by atoms with Crippen LogP contribution in [0.4, 0.5) is 0 Å². The Morgan fingerprint density at radius 1 is 1.11 bits per heavy atom. The van der Waals surface area contributed by atoms with Gasteiger partial charge in [0.1, 0.15) is 0 Å². The third-order valence-corrected chi connectivity index (χ3v) is 3.24. The molecule has 0 aliphatic heterocycles. The molecule has 0 unspecified atom stereocenters. The largest absolute Gasteiger partial charge is 0.326 e. The summed E-state index contributed by atoms with van der Waals surface area (Å²) >= 11 is 0. The number of nitrogens with zero attached hydrogens (tertiary/aromatic N) is 1. The molecule has 0 heterocycles. The van der Waals surface area contributed by atoms with E-state index in [0.29, 0.717) is 0 Å². The number of nitrogens with two attached hydrogens (primary N) is 1. The van der Waals surface area contributed by atoms with Crippen LogP contribution in [0.2, 0.25) is 0 Å². The summed E-state index contributed by atoms with van der Waals surface area (Å²) in [5.41, 5.74) is 8.75. The van der Waals surface area contributed by atoms with E-state index in [1.54, 1.807) is 0 Å².